The quantitative estimate of drug-likeness (QED) is 0.411. The molecule has 3 N–H and O–H groups in total. The van der Waals surface area contributed by atoms with Gasteiger partial charge in [-0.05, 0) is 37.7 Å². The number of nitrogens with two attached hydrogens (primary N) is 1. The highest BCUT2D eigenvalue weighted by molar-refractivity contribution is 14.0. The number of benzene rings is 1. The van der Waals surface area contributed by atoms with E-state index in [4.69, 9.17) is 10.5 Å². The Morgan fingerprint density at radius 1 is 1.13 bits per heavy atom. The molecule has 1 aromatic carbocycles. The van der Waals surface area contributed by atoms with Crippen molar-refractivity contribution in [1.82, 2.24) is 5.32 Å². The van der Waals surface area contributed by atoms with Crippen molar-refractivity contribution in [3.05, 3.63) is 29.8 Å². The van der Waals surface area contributed by atoms with E-state index >= 15 is 0 Å². The summed E-state index contributed by atoms with van der Waals surface area (Å²) in [5.74, 6) is 2.27. The average Bonchev–Trinajstić information content (AvgIpc) is 3.37. The summed E-state index contributed by atoms with van der Waals surface area (Å²) >= 11 is 0. The third-order valence-corrected chi connectivity index (χ3v) is 4.52. The summed E-state index contributed by atoms with van der Waals surface area (Å²) in [6.45, 7) is 1.41. The Kier molecular flexibility index (Phi) is 7.46. The SMILES string of the molecule is I.NC(=NCc1ccccc1OCC1CC1)NC1CCCCC1. The zero-order valence-corrected chi connectivity index (χ0v) is 16.0. The lowest BCUT2D eigenvalue weighted by Gasteiger charge is -2.23. The first kappa shape index (κ1) is 18.4. The van der Waals surface area contributed by atoms with Gasteiger partial charge in [0.1, 0.15) is 5.75 Å². The van der Waals surface area contributed by atoms with Gasteiger partial charge in [0.2, 0.25) is 0 Å². The Bertz CT molecular complexity index is 511. The topological polar surface area (TPSA) is 59.6 Å². The minimum atomic E-state index is 0. The Labute approximate surface area is 156 Å². The number of rotatable bonds is 6. The molecule has 1 aromatic rings. The van der Waals surface area contributed by atoms with Crippen LogP contribution in [0.15, 0.2) is 29.3 Å². The molecule has 0 bridgehead atoms. The Balaban J connectivity index is 0.00000192. The van der Waals surface area contributed by atoms with Gasteiger partial charge in [0.25, 0.3) is 0 Å². The monoisotopic (exact) mass is 429 g/mol. The van der Waals surface area contributed by atoms with E-state index in [0.29, 0.717) is 18.5 Å². The minimum absolute atomic E-state index is 0. The minimum Gasteiger partial charge on any atom is -0.493 e. The summed E-state index contributed by atoms with van der Waals surface area (Å²) in [5.41, 5.74) is 7.14. The summed E-state index contributed by atoms with van der Waals surface area (Å²) in [6.07, 6.45) is 8.96. The second-order valence-corrected chi connectivity index (χ2v) is 6.54. The van der Waals surface area contributed by atoms with E-state index in [0.717, 1.165) is 23.8 Å². The number of aliphatic imine (C=N–C) groups is 1. The number of nitrogens with one attached hydrogen (secondary N) is 1. The van der Waals surface area contributed by atoms with Crippen LogP contribution in [0, 0.1) is 5.92 Å². The molecule has 128 valence electrons. The molecule has 2 aliphatic rings. The molecular formula is C18H28IN3O. The third kappa shape index (κ3) is 6.20. The van der Waals surface area contributed by atoms with Crippen LogP contribution in [-0.2, 0) is 6.54 Å². The van der Waals surface area contributed by atoms with Crippen molar-refractivity contribution in [3.63, 3.8) is 0 Å². The number of guanidine groups is 1. The lowest BCUT2D eigenvalue weighted by atomic mass is 9.96. The van der Waals surface area contributed by atoms with E-state index < -0.39 is 0 Å². The highest BCUT2D eigenvalue weighted by Crippen LogP contribution is 2.30. The normalized spacial score (nSPS) is 19.0. The highest BCUT2D eigenvalue weighted by atomic mass is 127. The standard InChI is InChI=1S/C18H27N3O.HI/c19-18(21-16-7-2-1-3-8-16)20-12-15-6-4-5-9-17(15)22-13-14-10-11-14;/h4-6,9,14,16H,1-3,7-8,10-13H2,(H3,19,20,21);1H. The summed E-state index contributed by atoms with van der Waals surface area (Å²) < 4.78 is 5.91. The molecule has 0 aromatic heterocycles. The first-order valence-electron chi connectivity index (χ1n) is 8.58. The van der Waals surface area contributed by atoms with Crippen LogP contribution < -0.4 is 15.8 Å². The summed E-state index contributed by atoms with van der Waals surface area (Å²) in [5, 5.41) is 3.36. The molecule has 0 radical (unpaired) electrons. The van der Waals surface area contributed by atoms with Gasteiger partial charge in [0.05, 0.1) is 13.2 Å². The zero-order chi connectivity index (χ0) is 15.2. The lowest BCUT2D eigenvalue weighted by Crippen LogP contribution is -2.41. The fraction of sp³-hybridized carbons (Fsp3) is 0.611. The van der Waals surface area contributed by atoms with Crippen molar-refractivity contribution in [2.45, 2.75) is 57.5 Å². The maximum absolute atomic E-state index is 6.03. The number of hydrogen-bond donors (Lipinski definition) is 2. The van der Waals surface area contributed by atoms with Crippen molar-refractivity contribution < 1.29 is 4.74 Å². The summed E-state index contributed by atoms with van der Waals surface area (Å²) in [7, 11) is 0. The van der Waals surface area contributed by atoms with E-state index in [-0.39, 0.29) is 24.0 Å². The fourth-order valence-electron chi connectivity index (χ4n) is 2.94. The zero-order valence-electron chi connectivity index (χ0n) is 13.7. The molecule has 0 atom stereocenters. The number of nitrogens with zero attached hydrogens (tertiary/aromatic N) is 1. The molecule has 0 saturated heterocycles. The molecule has 23 heavy (non-hydrogen) atoms. The van der Waals surface area contributed by atoms with Crippen molar-refractivity contribution in [2.24, 2.45) is 16.6 Å². The molecule has 0 amide bonds. The van der Waals surface area contributed by atoms with E-state index in [1.165, 1.54) is 44.9 Å². The maximum atomic E-state index is 6.03. The van der Waals surface area contributed by atoms with Gasteiger partial charge in [-0.25, -0.2) is 4.99 Å². The average molecular weight is 429 g/mol. The van der Waals surface area contributed by atoms with Gasteiger partial charge < -0.3 is 15.8 Å². The van der Waals surface area contributed by atoms with Crippen LogP contribution in [-0.4, -0.2) is 18.6 Å². The molecule has 4 nitrogen and oxygen atoms in total. The number of hydrogen-bond acceptors (Lipinski definition) is 2. The molecule has 0 heterocycles. The third-order valence-electron chi connectivity index (χ3n) is 4.52. The van der Waals surface area contributed by atoms with Gasteiger partial charge in [-0.1, -0.05) is 37.5 Å². The number of ether oxygens (including phenoxy) is 1. The van der Waals surface area contributed by atoms with Crippen LogP contribution in [0.3, 0.4) is 0 Å². The van der Waals surface area contributed by atoms with Gasteiger partial charge in [-0.2, -0.15) is 0 Å². The predicted octanol–water partition coefficient (Wildman–Crippen LogP) is 3.83. The van der Waals surface area contributed by atoms with Crippen LogP contribution in [0.1, 0.15) is 50.5 Å². The van der Waals surface area contributed by atoms with E-state index in [2.05, 4.69) is 16.4 Å². The molecule has 2 saturated carbocycles. The van der Waals surface area contributed by atoms with Gasteiger partial charge in [0.15, 0.2) is 5.96 Å². The van der Waals surface area contributed by atoms with E-state index in [1.807, 2.05) is 18.2 Å². The lowest BCUT2D eigenvalue weighted by molar-refractivity contribution is 0.297. The summed E-state index contributed by atoms with van der Waals surface area (Å²) in [6, 6.07) is 8.63. The molecule has 0 aliphatic heterocycles. The first-order chi connectivity index (χ1) is 10.8. The summed E-state index contributed by atoms with van der Waals surface area (Å²) in [4.78, 5) is 4.50. The predicted molar refractivity (Wildman–Crippen MR) is 105 cm³/mol. The van der Waals surface area contributed by atoms with E-state index in [1.54, 1.807) is 0 Å². The van der Waals surface area contributed by atoms with Gasteiger partial charge in [0, 0.05) is 11.6 Å². The molecule has 2 fully saturated rings. The van der Waals surface area contributed by atoms with Crippen LogP contribution >= 0.6 is 24.0 Å². The molecule has 2 aliphatic carbocycles. The Morgan fingerprint density at radius 3 is 2.61 bits per heavy atom. The molecule has 3 rings (SSSR count). The van der Waals surface area contributed by atoms with Crippen molar-refractivity contribution in [1.29, 1.82) is 0 Å². The molecule has 0 unspecified atom stereocenters. The fourth-order valence-corrected chi connectivity index (χ4v) is 2.94. The molecule has 0 spiro atoms. The number of halogens is 1. The van der Waals surface area contributed by atoms with E-state index in [9.17, 15) is 0 Å². The molecule has 5 heteroatoms. The van der Waals surface area contributed by atoms with Crippen LogP contribution in [0.4, 0.5) is 0 Å². The number of para-hydroxylation sites is 1. The second kappa shape index (κ2) is 9.35. The first-order valence-corrected chi connectivity index (χ1v) is 8.58. The smallest absolute Gasteiger partial charge is 0.189 e. The molecular weight excluding hydrogens is 401 g/mol. The van der Waals surface area contributed by atoms with Crippen molar-refractivity contribution in [3.8, 4) is 5.75 Å². The van der Waals surface area contributed by atoms with Gasteiger partial charge in [-0.15, -0.1) is 24.0 Å². The maximum Gasteiger partial charge on any atom is 0.189 e. The Morgan fingerprint density at radius 2 is 1.87 bits per heavy atom. The van der Waals surface area contributed by atoms with Crippen LogP contribution in [0.5, 0.6) is 5.75 Å². The van der Waals surface area contributed by atoms with Gasteiger partial charge in [-0.3, -0.25) is 0 Å². The Hall–Kier alpha value is -0.980. The van der Waals surface area contributed by atoms with Gasteiger partial charge >= 0.3 is 0 Å². The van der Waals surface area contributed by atoms with Crippen molar-refractivity contribution >= 4 is 29.9 Å². The van der Waals surface area contributed by atoms with Crippen LogP contribution in [0.2, 0.25) is 0 Å². The van der Waals surface area contributed by atoms with Crippen molar-refractivity contribution in [2.75, 3.05) is 6.61 Å². The second-order valence-electron chi connectivity index (χ2n) is 6.54. The highest BCUT2D eigenvalue weighted by Gasteiger charge is 2.22. The largest absolute Gasteiger partial charge is 0.493 e. The van der Waals surface area contributed by atoms with Crippen LogP contribution in [0.25, 0.3) is 0 Å².